The molecule has 0 radical (unpaired) electrons. The molecule has 1 N–H and O–H groups in total. The van der Waals surface area contributed by atoms with Crippen LogP contribution in [0.2, 0.25) is 0 Å². The standard InChI is InChI=1S/C15H21NO3S/c1-19-15(18)11-4-6-12(7-5-11)16-14(17)9-8-13-3-2-10-20-13/h2-3,10-12H,4-9H2,1H3,(H,16,17). The van der Waals surface area contributed by atoms with Crippen molar-refractivity contribution in [1.82, 2.24) is 5.32 Å². The van der Waals surface area contributed by atoms with Gasteiger partial charge in [-0.1, -0.05) is 6.07 Å². The molecule has 0 spiro atoms. The molecule has 110 valence electrons. The van der Waals surface area contributed by atoms with Gasteiger partial charge >= 0.3 is 5.97 Å². The van der Waals surface area contributed by atoms with Crippen molar-refractivity contribution in [1.29, 1.82) is 0 Å². The number of hydrogen-bond donors (Lipinski definition) is 1. The van der Waals surface area contributed by atoms with Crippen LogP contribution in [0.4, 0.5) is 0 Å². The van der Waals surface area contributed by atoms with Gasteiger partial charge in [0, 0.05) is 17.3 Å². The summed E-state index contributed by atoms with van der Waals surface area (Å²) in [6.45, 7) is 0. The Morgan fingerprint density at radius 2 is 2.10 bits per heavy atom. The highest BCUT2D eigenvalue weighted by Gasteiger charge is 2.27. The second-order valence-corrected chi connectivity index (χ2v) is 6.25. The van der Waals surface area contributed by atoms with Gasteiger partial charge in [0.1, 0.15) is 0 Å². The number of hydrogen-bond acceptors (Lipinski definition) is 4. The molecule has 1 aliphatic rings. The fourth-order valence-corrected chi connectivity index (χ4v) is 3.34. The van der Waals surface area contributed by atoms with Crippen molar-refractivity contribution >= 4 is 23.2 Å². The summed E-state index contributed by atoms with van der Waals surface area (Å²) in [7, 11) is 1.43. The lowest BCUT2D eigenvalue weighted by molar-refractivity contribution is -0.146. The summed E-state index contributed by atoms with van der Waals surface area (Å²) in [5, 5.41) is 5.10. The summed E-state index contributed by atoms with van der Waals surface area (Å²) in [4.78, 5) is 24.5. The Balaban J connectivity index is 1.67. The smallest absolute Gasteiger partial charge is 0.308 e. The third-order valence-corrected chi connectivity index (χ3v) is 4.74. The number of amides is 1. The Morgan fingerprint density at radius 3 is 2.70 bits per heavy atom. The van der Waals surface area contributed by atoms with E-state index in [9.17, 15) is 9.59 Å². The number of thiophene rings is 1. The zero-order chi connectivity index (χ0) is 14.4. The van der Waals surface area contributed by atoms with Gasteiger partial charge in [-0.3, -0.25) is 9.59 Å². The third kappa shape index (κ3) is 4.34. The first-order valence-electron chi connectivity index (χ1n) is 7.08. The third-order valence-electron chi connectivity index (χ3n) is 3.81. The lowest BCUT2D eigenvalue weighted by Gasteiger charge is -2.27. The largest absolute Gasteiger partial charge is 0.469 e. The summed E-state index contributed by atoms with van der Waals surface area (Å²) in [6.07, 6.45) is 4.69. The average Bonchev–Trinajstić information content (AvgIpc) is 2.98. The monoisotopic (exact) mass is 295 g/mol. The molecular weight excluding hydrogens is 274 g/mol. The first-order chi connectivity index (χ1) is 9.69. The fourth-order valence-electron chi connectivity index (χ4n) is 2.63. The first kappa shape index (κ1) is 15.0. The summed E-state index contributed by atoms with van der Waals surface area (Å²) < 4.78 is 4.76. The number of aryl methyl sites for hydroxylation is 1. The molecular formula is C15H21NO3S. The molecule has 1 heterocycles. The number of rotatable bonds is 5. The van der Waals surface area contributed by atoms with Crippen LogP contribution in [0.1, 0.15) is 37.0 Å². The molecule has 1 saturated carbocycles. The van der Waals surface area contributed by atoms with E-state index in [0.29, 0.717) is 6.42 Å². The molecule has 1 amide bonds. The molecule has 2 rings (SSSR count). The number of carbonyl (C=O) groups excluding carboxylic acids is 2. The number of esters is 1. The van der Waals surface area contributed by atoms with Crippen LogP contribution < -0.4 is 5.32 Å². The van der Waals surface area contributed by atoms with E-state index in [-0.39, 0.29) is 23.8 Å². The molecule has 1 aromatic heterocycles. The molecule has 4 nitrogen and oxygen atoms in total. The number of methoxy groups -OCH3 is 1. The summed E-state index contributed by atoms with van der Waals surface area (Å²) in [5.41, 5.74) is 0. The van der Waals surface area contributed by atoms with E-state index in [1.807, 2.05) is 11.4 Å². The van der Waals surface area contributed by atoms with Crippen molar-refractivity contribution in [2.75, 3.05) is 7.11 Å². The minimum Gasteiger partial charge on any atom is -0.469 e. The van der Waals surface area contributed by atoms with E-state index < -0.39 is 0 Å². The minimum atomic E-state index is -0.118. The molecule has 5 heteroatoms. The van der Waals surface area contributed by atoms with Gasteiger partial charge in [-0.15, -0.1) is 11.3 Å². The maximum atomic E-state index is 11.9. The van der Waals surface area contributed by atoms with Gasteiger partial charge < -0.3 is 10.1 Å². The van der Waals surface area contributed by atoms with Crippen LogP contribution in [-0.2, 0) is 20.7 Å². The lowest BCUT2D eigenvalue weighted by Crippen LogP contribution is -2.38. The zero-order valence-corrected chi connectivity index (χ0v) is 12.6. The van der Waals surface area contributed by atoms with Crippen LogP contribution in [0.15, 0.2) is 17.5 Å². The van der Waals surface area contributed by atoms with Gasteiger partial charge in [0.15, 0.2) is 0 Å². The second-order valence-electron chi connectivity index (χ2n) is 5.22. The molecule has 1 aromatic rings. The molecule has 0 aliphatic heterocycles. The van der Waals surface area contributed by atoms with Gasteiger partial charge in [0.05, 0.1) is 13.0 Å². The minimum absolute atomic E-state index is 0.0132. The molecule has 1 aliphatic carbocycles. The predicted molar refractivity (Wildman–Crippen MR) is 78.5 cm³/mol. The van der Waals surface area contributed by atoms with E-state index in [4.69, 9.17) is 4.74 Å². The number of nitrogens with one attached hydrogen (secondary N) is 1. The Kier molecular flexibility index (Phi) is 5.59. The van der Waals surface area contributed by atoms with Crippen LogP contribution in [0.3, 0.4) is 0 Å². The maximum absolute atomic E-state index is 11.9. The molecule has 0 aromatic carbocycles. The molecule has 0 atom stereocenters. The molecule has 0 saturated heterocycles. The van der Waals surface area contributed by atoms with Crippen molar-refractivity contribution in [3.05, 3.63) is 22.4 Å². The van der Waals surface area contributed by atoms with Crippen molar-refractivity contribution in [3.8, 4) is 0 Å². The Labute approximate surface area is 123 Å². The summed E-state index contributed by atoms with van der Waals surface area (Å²) in [5.74, 6) is 0.00617. The average molecular weight is 295 g/mol. The number of carbonyl (C=O) groups is 2. The highest BCUT2D eigenvalue weighted by atomic mass is 32.1. The summed E-state index contributed by atoms with van der Waals surface area (Å²) in [6, 6.07) is 4.28. The van der Waals surface area contributed by atoms with Crippen LogP contribution >= 0.6 is 11.3 Å². The highest BCUT2D eigenvalue weighted by Crippen LogP contribution is 2.25. The predicted octanol–water partition coefficient (Wildman–Crippen LogP) is 2.53. The van der Waals surface area contributed by atoms with E-state index in [1.165, 1.54) is 12.0 Å². The summed E-state index contributed by atoms with van der Waals surface area (Å²) >= 11 is 1.69. The normalized spacial score (nSPS) is 22.2. The fraction of sp³-hybridized carbons (Fsp3) is 0.600. The quantitative estimate of drug-likeness (QED) is 0.849. The van der Waals surface area contributed by atoms with Gasteiger partial charge in [0.2, 0.25) is 5.91 Å². The topological polar surface area (TPSA) is 55.4 Å². The highest BCUT2D eigenvalue weighted by molar-refractivity contribution is 7.09. The van der Waals surface area contributed by atoms with Crippen molar-refractivity contribution in [2.45, 2.75) is 44.6 Å². The molecule has 1 fully saturated rings. The maximum Gasteiger partial charge on any atom is 0.308 e. The SMILES string of the molecule is COC(=O)C1CCC(NC(=O)CCc2cccs2)CC1. The van der Waals surface area contributed by atoms with Crippen molar-refractivity contribution < 1.29 is 14.3 Å². The van der Waals surface area contributed by atoms with Crippen LogP contribution in [-0.4, -0.2) is 25.0 Å². The van der Waals surface area contributed by atoms with Gasteiger partial charge in [-0.2, -0.15) is 0 Å². The van der Waals surface area contributed by atoms with Crippen LogP contribution in [0, 0.1) is 5.92 Å². The van der Waals surface area contributed by atoms with Crippen molar-refractivity contribution in [3.63, 3.8) is 0 Å². The Hall–Kier alpha value is -1.36. The first-order valence-corrected chi connectivity index (χ1v) is 7.96. The van der Waals surface area contributed by atoms with Gasteiger partial charge in [-0.05, 0) is 43.6 Å². The van der Waals surface area contributed by atoms with E-state index in [0.717, 1.165) is 32.1 Å². The Bertz CT molecular complexity index is 436. The molecule has 0 unspecified atom stereocenters. The van der Waals surface area contributed by atoms with Crippen LogP contribution in [0.25, 0.3) is 0 Å². The van der Waals surface area contributed by atoms with Gasteiger partial charge in [0.25, 0.3) is 0 Å². The zero-order valence-electron chi connectivity index (χ0n) is 11.8. The van der Waals surface area contributed by atoms with Gasteiger partial charge in [-0.25, -0.2) is 0 Å². The van der Waals surface area contributed by atoms with Crippen LogP contribution in [0.5, 0.6) is 0 Å². The van der Waals surface area contributed by atoms with E-state index in [1.54, 1.807) is 11.3 Å². The van der Waals surface area contributed by atoms with Crippen molar-refractivity contribution in [2.24, 2.45) is 5.92 Å². The van der Waals surface area contributed by atoms with E-state index >= 15 is 0 Å². The second kappa shape index (κ2) is 7.43. The Morgan fingerprint density at radius 1 is 1.35 bits per heavy atom. The lowest BCUT2D eigenvalue weighted by atomic mass is 9.86. The molecule has 20 heavy (non-hydrogen) atoms. The van der Waals surface area contributed by atoms with E-state index in [2.05, 4.69) is 11.4 Å². The molecule has 0 bridgehead atoms. The number of ether oxygens (including phenoxy) is 1.